The minimum Gasteiger partial charge on any atom is -0.310 e. The molecule has 1 aliphatic heterocycles. The van der Waals surface area contributed by atoms with E-state index in [4.69, 9.17) is 0 Å². The Morgan fingerprint density at radius 3 is 2.40 bits per heavy atom. The van der Waals surface area contributed by atoms with Crippen molar-refractivity contribution < 1.29 is 8.78 Å². The van der Waals surface area contributed by atoms with Crippen molar-refractivity contribution >= 4 is 0 Å². The van der Waals surface area contributed by atoms with Crippen LogP contribution < -0.4 is 5.32 Å². The van der Waals surface area contributed by atoms with E-state index in [0.717, 1.165) is 25.8 Å². The molecule has 1 aromatic carbocycles. The Morgan fingerprint density at radius 2 is 1.87 bits per heavy atom. The van der Waals surface area contributed by atoms with E-state index in [-0.39, 0.29) is 11.6 Å². The van der Waals surface area contributed by atoms with Crippen LogP contribution in [0.4, 0.5) is 8.78 Å². The van der Waals surface area contributed by atoms with Gasteiger partial charge < -0.3 is 5.32 Å². The van der Waals surface area contributed by atoms with Gasteiger partial charge in [-0.05, 0) is 44.0 Å². The predicted molar refractivity (Wildman–Crippen MR) is 55.7 cm³/mol. The first-order valence-electron chi connectivity index (χ1n) is 5.37. The Hall–Kier alpha value is -0.960. The van der Waals surface area contributed by atoms with Gasteiger partial charge in [-0.25, -0.2) is 8.78 Å². The molecule has 0 amide bonds. The first kappa shape index (κ1) is 10.6. The van der Waals surface area contributed by atoms with Crippen molar-refractivity contribution in [2.75, 3.05) is 6.54 Å². The van der Waals surface area contributed by atoms with Crippen LogP contribution in [0.5, 0.6) is 0 Å². The molecular weight excluding hydrogens is 196 g/mol. The van der Waals surface area contributed by atoms with Crippen LogP contribution in [0.3, 0.4) is 0 Å². The van der Waals surface area contributed by atoms with Crippen molar-refractivity contribution in [2.24, 2.45) is 0 Å². The molecule has 1 saturated heterocycles. The summed E-state index contributed by atoms with van der Waals surface area (Å²) in [7, 11) is 0. The molecule has 0 radical (unpaired) electrons. The molecule has 1 unspecified atom stereocenters. The number of rotatable bonds is 1. The molecule has 1 aromatic rings. The van der Waals surface area contributed by atoms with Gasteiger partial charge in [0.2, 0.25) is 0 Å². The molecule has 82 valence electrons. The van der Waals surface area contributed by atoms with Crippen molar-refractivity contribution in [3.8, 4) is 0 Å². The molecule has 0 bridgehead atoms. The van der Waals surface area contributed by atoms with Crippen molar-refractivity contribution in [1.29, 1.82) is 0 Å². The van der Waals surface area contributed by atoms with Crippen molar-refractivity contribution in [2.45, 2.75) is 32.2 Å². The van der Waals surface area contributed by atoms with Gasteiger partial charge in [-0.3, -0.25) is 0 Å². The fourth-order valence-corrected chi connectivity index (χ4v) is 2.14. The Labute approximate surface area is 88.5 Å². The van der Waals surface area contributed by atoms with Crippen molar-refractivity contribution in [3.63, 3.8) is 0 Å². The number of benzene rings is 1. The molecule has 0 aromatic heterocycles. The molecule has 15 heavy (non-hydrogen) atoms. The minimum atomic E-state index is -0.424. The number of halogens is 2. The molecule has 0 spiro atoms. The van der Waals surface area contributed by atoms with Gasteiger partial charge in [0.1, 0.15) is 11.6 Å². The van der Waals surface area contributed by atoms with Gasteiger partial charge >= 0.3 is 0 Å². The molecule has 1 atom stereocenters. The van der Waals surface area contributed by atoms with Gasteiger partial charge in [0.25, 0.3) is 0 Å². The fourth-order valence-electron chi connectivity index (χ4n) is 2.14. The second kappa shape index (κ2) is 4.27. The third-order valence-electron chi connectivity index (χ3n) is 2.88. The molecule has 1 fully saturated rings. The average Bonchev–Trinajstić information content (AvgIpc) is 2.17. The van der Waals surface area contributed by atoms with E-state index < -0.39 is 11.6 Å². The van der Waals surface area contributed by atoms with Gasteiger partial charge in [-0.1, -0.05) is 6.42 Å². The van der Waals surface area contributed by atoms with E-state index >= 15 is 0 Å². The fraction of sp³-hybridized carbons (Fsp3) is 0.500. The number of hydrogen-bond acceptors (Lipinski definition) is 1. The van der Waals surface area contributed by atoms with Crippen LogP contribution in [-0.4, -0.2) is 6.54 Å². The van der Waals surface area contributed by atoms with Crippen LogP contribution >= 0.6 is 0 Å². The first-order valence-corrected chi connectivity index (χ1v) is 5.37. The quantitative estimate of drug-likeness (QED) is 0.752. The van der Waals surface area contributed by atoms with Crippen LogP contribution in [0, 0.1) is 18.6 Å². The summed E-state index contributed by atoms with van der Waals surface area (Å²) >= 11 is 0. The largest absolute Gasteiger partial charge is 0.310 e. The Kier molecular flexibility index (Phi) is 3.00. The molecule has 0 saturated carbocycles. The number of piperidine rings is 1. The lowest BCUT2D eigenvalue weighted by atomic mass is 9.96. The van der Waals surface area contributed by atoms with Crippen LogP contribution in [0.2, 0.25) is 0 Å². The van der Waals surface area contributed by atoms with E-state index in [1.165, 1.54) is 12.1 Å². The zero-order valence-electron chi connectivity index (χ0n) is 8.82. The highest BCUT2D eigenvalue weighted by molar-refractivity contribution is 5.28. The van der Waals surface area contributed by atoms with Gasteiger partial charge in [0, 0.05) is 11.6 Å². The summed E-state index contributed by atoms with van der Waals surface area (Å²) in [5.41, 5.74) is 0.838. The molecule has 1 aliphatic rings. The van der Waals surface area contributed by atoms with Gasteiger partial charge in [0.15, 0.2) is 0 Å². The van der Waals surface area contributed by atoms with Crippen LogP contribution in [-0.2, 0) is 0 Å². The van der Waals surface area contributed by atoms with E-state index in [0.29, 0.717) is 5.56 Å². The third-order valence-corrected chi connectivity index (χ3v) is 2.88. The second-order valence-corrected chi connectivity index (χ2v) is 4.14. The Morgan fingerprint density at radius 1 is 1.20 bits per heavy atom. The van der Waals surface area contributed by atoms with E-state index in [1.807, 2.05) is 0 Å². The maximum Gasteiger partial charge on any atom is 0.131 e. The summed E-state index contributed by atoms with van der Waals surface area (Å²) in [4.78, 5) is 0. The van der Waals surface area contributed by atoms with Crippen LogP contribution in [0.15, 0.2) is 12.1 Å². The van der Waals surface area contributed by atoms with E-state index in [2.05, 4.69) is 5.32 Å². The van der Waals surface area contributed by atoms with Crippen molar-refractivity contribution in [1.82, 2.24) is 5.32 Å². The zero-order chi connectivity index (χ0) is 10.8. The highest BCUT2D eigenvalue weighted by Crippen LogP contribution is 2.28. The third kappa shape index (κ3) is 2.17. The van der Waals surface area contributed by atoms with Crippen molar-refractivity contribution in [3.05, 3.63) is 34.9 Å². The molecular formula is C12H15F2N. The van der Waals surface area contributed by atoms with Gasteiger partial charge in [0.05, 0.1) is 0 Å². The smallest absolute Gasteiger partial charge is 0.131 e. The predicted octanol–water partition coefficient (Wildman–Crippen LogP) is 3.09. The summed E-state index contributed by atoms with van der Waals surface area (Å²) in [5, 5.41) is 3.16. The first-order chi connectivity index (χ1) is 7.18. The molecule has 2 rings (SSSR count). The summed E-state index contributed by atoms with van der Waals surface area (Å²) in [6, 6.07) is 2.64. The highest BCUT2D eigenvalue weighted by Gasteiger charge is 2.22. The lowest BCUT2D eigenvalue weighted by Crippen LogP contribution is -2.28. The lowest BCUT2D eigenvalue weighted by Gasteiger charge is -2.24. The summed E-state index contributed by atoms with van der Waals surface area (Å²) in [6.07, 6.45) is 2.94. The van der Waals surface area contributed by atoms with E-state index in [9.17, 15) is 8.78 Å². The number of aryl methyl sites for hydroxylation is 1. The second-order valence-electron chi connectivity index (χ2n) is 4.14. The summed E-state index contributed by atoms with van der Waals surface area (Å²) < 4.78 is 27.2. The molecule has 0 aliphatic carbocycles. The average molecular weight is 211 g/mol. The van der Waals surface area contributed by atoms with Crippen LogP contribution in [0.1, 0.15) is 36.4 Å². The van der Waals surface area contributed by atoms with E-state index in [1.54, 1.807) is 6.92 Å². The standard InChI is InChI=1S/C12H15F2N/c1-8-6-9(13)12(10(14)7-8)11-4-2-3-5-15-11/h6-7,11,15H,2-5H2,1H3. The zero-order valence-corrected chi connectivity index (χ0v) is 8.82. The summed E-state index contributed by atoms with van der Waals surface area (Å²) in [6.45, 7) is 2.54. The molecule has 3 heteroatoms. The topological polar surface area (TPSA) is 12.0 Å². The van der Waals surface area contributed by atoms with Gasteiger partial charge in [-0.2, -0.15) is 0 Å². The van der Waals surface area contributed by atoms with Crippen LogP contribution in [0.25, 0.3) is 0 Å². The maximum absolute atomic E-state index is 13.6. The summed E-state index contributed by atoms with van der Waals surface area (Å²) in [5.74, 6) is -0.848. The molecule has 1 nitrogen and oxygen atoms in total. The highest BCUT2D eigenvalue weighted by atomic mass is 19.1. The molecule has 1 N–H and O–H groups in total. The number of nitrogens with one attached hydrogen (secondary N) is 1. The molecule has 1 heterocycles. The van der Waals surface area contributed by atoms with Gasteiger partial charge in [-0.15, -0.1) is 0 Å². The monoisotopic (exact) mass is 211 g/mol. The lowest BCUT2D eigenvalue weighted by molar-refractivity contribution is 0.385. The normalized spacial score (nSPS) is 21.7. The maximum atomic E-state index is 13.6. The number of hydrogen-bond donors (Lipinski definition) is 1. The Balaban J connectivity index is 2.33. The SMILES string of the molecule is Cc1cc(F)c(C2CCCCN2)c(F)c1. The minimum absolute atomic E-state index is 0.153. The Bertz CT molecular complexity index is 334.